The molecule has 4 atom stereocenters. The lowest BCUT2D eigenvalue weighted by Gasteiger charge is -2.46. The molecule has 0 aromatic heterocycles. The summed E-state index contributed by atoms with van der Waals surface area (Å²) in [4.78, 5) is 11.8. The number of allylic oxidation sites excluding steroid dienone is 1. The van der Waals surface area contributed by atoms with Crippen LogP contribution in [0.1, 0.15) is 18.4 Å². The van der Waals surface area contributed by atoms with Gasteiger partial charge in [0.2, 0.25) is 0 Å². The first-order valence-corrected chi connectivity index (χ1v) is 6.27. The fourth-order valence-corrected chi connectivity index (χ4v) is 3.88. The number of rotatable bonds is 1. The first-order chi connectivity index (χ1) is 8.36. The summed E-state index contributed by atoms with van der Waals surface area (Å²) in [5.41, 5.74) is 0.688. The van der Waals surface area contributed by atoms with Gasteiger partial charge < -0.3 is 9.53 Å². The maximum absolute atomic E-state index is 11.8. The molecule has 1 aromatic rings. The average molecular weight is 226 g/mol. The van der Waals surface area contributed by atoms with Gasteiger partial charge in [-0.3, -0.25) is 0 Å². The average Bonchev–Trinajstić information content (AvgIpc) is 2.77. The molecule has 2 bridgehead atoms. The summed E-state index contributed by atoms with van der Waals surface area (Å²) in [5.74, 6) is 1.63. The summed E-state index contributed by atoms with van der Waals surface area (Å²) in [6.07, 6.45) is 7.89. The Hall–Kier alpha value is -1.57. The van der Waals surface area contributed by atoms with E-state index in [4.69, 9.17) is 4.74 Å². The van der Waals surface area contributed by atoms with Gasteiger partial charge in [0.05, 0.1) is 5.41 Å². The Kier molecular flexibility index (Phi) is 1.67. The Morgan fingerprint density at radius 1 is 1.24 bits per heavy atom. The minimum atomic E-state index is -0.408. The predicted octanol–water partition coefficient (Wildman–Crippen LogP) is 2.48. The predicted molar refractivity (Wildman–Crippen MR) is 64.0 cm³/mol. The van der Waals surface area contributed by atoms with Crippen molar-refractivity contribution in [3.05, 3.63) is 42.0 Å². The number of carbonyl (C=O) groups is 1. The number of carbonyl (C=O) groups excluding carboxylic acids is 1. The highest BCUT2D eigenvalue weighted by Crippen LogP contribution is 2.56. The van der Waals surface area contributed by atoms with Crippen LogP contribution in [-0.4, -0.2) is 12.4 Å². The van der Waals surface area contributed by atoms with E-state index in [1.165, 1.54) is 0 Å². The third-order valence-electron chi connectivity index (χ3n) is 4.68. The summed E-state index contributed by atoms with van der Waals surface area (Å²) in [5, 5.41) is 0. The number of benzene rings is 1. The van der Waals surface area contributed by atoms with Crippen LogP contribution < -0.4 is 4.74 Å². The van der Waals surface area contributed by atoms with Crippen LogP contribution in [0.25, 0.3) is 0 Å². The van der Waals surface area contributed by atoms with E-state index in [1.54, 1.807) is 0 Å². The highest BCUT2D eigenvalue weighted by molar-refractivity contribution is 5.76. The number of hydrogen-bond acceptors (Lipinski definition) is 2. The molecule has 2 heteroatoms. The normalized spacial score (nSPS) is 40.6. The lowest BCUT2D eigenvalue weighted by molar-refractivity contribution is -0.119. The molecule has 0 spiro atoms. The van der Waals surface area contributed by atoms with Gasteiger partial charge in [-0.05, 0) is 24.8 Å². The van der Waals surface area contributed by atoms with Crippen molar-refractivity contribution in [2.45, 2.75) is 24.4 Å². The zero-order valence-electron chi connectivity index (χ0n) is 9.50. The van der Waals surface area contributed by atoms with Crippen molar-refractivity contribution in [1.29, 1.82) is 0 Å². The van der Waals surface area contributed by atoms with Gasteiger partial charge in [0.25, 0.3) is 0 Å². The molecule has 1 saturated carbocycles. The van der Waals surface area contributed by atoms with Crippen molar-refractivity contribution in [1.82, 2.24) is 0 Å². The first kappa shape index (κ1) is 9.46. The van der Waals surface area contributed by atoms with E-state index in [0.29, 0.717) is 11.8 Å². The highest BCUT2D eigenvalue weighted by atomic mass is 16.5. The van der Waals surface area contributed by atoms with Crippen LogP contribution in [0.2, 0.25) is 0 Å². The van der Waals surface area contributed by atoms with E-state index < -0.39 is 5.41 Å². The Balaban J connectivity index is 1.98. The molecule has 2 nitrogen and oxygen atoms in total. The van der Waals surface area contributed by atoms with Gasteiger partial charge in [-0.2, -0.15) is 0 Å². The van der Waals surface area contributed by atoms with E-state index >= 15 is 0 Å². The largest absolute Gasteiger partial charge is 0.488 e. The maximum Gasteiger partial charge on any atom is 0.135 e. The summed E-state index contributed by atoms with van der Waals surface area (Å²) >= 11 is 0. The number of aldehydes is 1. The standard InChI is InChI=1S/C15H14O2/c16-9-15-11-7-5-10(6-8-11)14(15)17-13-4-2-1-3-12(13)15/h1-5,7,9-11,14H,6,8H2/t10-,11+,14-,15-/m0/s1. The van der Waals surface area contributed by atoms with Gasteiger partial charge in [0.15, 0.2) is 0 Å². The SMILES string of the molecule is O=C[C@]12c3ccccc3O[C@H]1[C@H]1C=C[C@@H]2CC1. The molecule has 0 amide bonds. The van der Waals surface area contributed by atoms with Crippen LogP contribution in [0.5, 0.6) is 5.75 Å². The molecule has 1 heterocycles. The molecule has 5 rings (SSSR count). The third kappa shape index (κ3) is 0.951. The number of ether oxygens (including phenoxy) is 1. The summed E-state index contributed by atoms with van der Waals surface area (Å²) in [7, 11) is 0. The van der Waals surface area contributed by atoms with Gasteiger partial charge in [-0.25, -0.2) is 0 Å². The molecule has 4 aliphatic rings. The summed E-state index contributed by atoms with van der Waals surface area (Å²) < 4.78 is 6.06. The summed E-state index contributed by atoms with van der Waals surface area (Å²) in [6, 6.07) is 8.02. The second-order valence-electron chi connectivity index (χ2n) is 5.32. The Bertz CT molecular complexity index is 519. The minimum absolute atomic E-state index is 0.0288. The van der Waals surface area contributed by atoms with E-state index in [-0.39, 0.29) is 6.10 Å². The van der Waals surface area contributed by atoms with E-state index in [0.717, 1.165) is 30.4 Å². The third-order valence-corrected chi connectivity index (χ3v) is 4.68. The molecule has 1 fully saturated rings. The van der Waals surface area contributed by atoms with Gasteiger partial charge >= 0.3 is 0 Å². The monoisotopic (exact) mass is 226 g/mol. The lowest BCUT2D eigenvalue weighted by Crippen LogP contribution is -2.54. The number of fused-ring (bicyclic) bond motifs is 2. The van der Waals surface area contributed by atoms with Crippen molar-refractivity contribution < 1.29 is 9.53 Å². The van der Waals surface area contributed by atoms with Crippen molar-refractivity contribution >= 4 is 6.29 Å². The fraction of sp³-hybridized carbons (Fsp3) is 0.400. The smallest absolute Gasteiger partial charge is 0.135 e. The van der Waals surface area contributed by atoms with Crippen molar-refractivity contribution in [3.63, 3.8) is 0 Å². The molecule has 1 aliphatic heterocycles. The Morgan fingerprint density at radius 3 is 2.88 bits per heavy atom. The highest BCUT2D eigenvalue weighted by Gasteiger charge is 2.59. The molecule has 0 radical (unpaired) electrons. The van der Waals surface area contributed by atoms with Crippen molar-refractivity contribution in [3.8, 4) is 5.75 Å². The van der Waals surface area contributed by atoms with Crippen LogP contribution in [0, 0.1) is 11.8 Å². The lowest BCUT2D eigenvalue weighted by atomic mass is 9.56. The van der Waals surface area contributed by atoms with Crippen molar-refractivity contribution in [2.24, 2.45) is 11.8 Å². The van der Waals surface area contributed by atoms with E-state index in [9.17, 15) is 4.79 Å². The molecule has 3 aliphatic carbocycles. The maximum atomic E-state index is 11.8. The quantitative estimate of drug-likeness (QED) is 0.543. The second kappa shape index (κ2) is 3.00. The molecule has 86 valence electrons. The molecule has 1 aromatic carbocycles. The molecule has 0 saturated heterocycles. The van der Waals surface area contributed by atoms with Gasteiger partial charge in [-0.15, -0.1) is 0 Å². The van der Waals surface area contributed by atoms with Gasteiger partial charge in [-0.1, -0.05) is 30.4 Å². The molecule has 0 unspecified atom stereocenters. The van der Waals surface area contributed by atoms with Gasteiger partial charge in [0, 0.05) is 11.5 Å². The molecular weight excluding hydrogens is 212 g/mol. The van der Waals surface area contributed by atoms with Crippen LogP contribution in [0.3, 0.4) is 0 Å². The van der Waals surface area contributed by atoms with Crippen LogP contribution in [-0.2, 0) is 10.2 Å². The van der Waals surface area contributed by atoms with Crippen LogP contribution in [0.15, 0.2) is 36.4 Å². The van der Waals surface area contributed by atoms with Crippen LogP contribution >= 0.6 is 0 Å². The van der Waals surface area contributed by atoms with Crippen LogP contribution in [0.4, 0.5) is 0 Å². The van der Waals surface area contributed by atoms with Crippen molar-refractivity contribution in [2.75, 3.05) is 0 Å². The zero-order valence-corrected chi connectivity index (χ0v) is 9.50. The Labute approximate surface area is 100 Å². The molecule has 17 heavy (non-hydrogen) atoms. The Morgan fingerprint density at radius 2 is 2.12 bits per heavy atom. The topological polar surface area (TPSA) is 26.3 Å². The first-order valence-electron chi connectivity index (χ1n) is 6.27. The number of para-hydroxylation sites is 1. The fourth-order valence-electron chi connectivity index (χ4n) is 3.88. The van der Waals surface area contributed by atoms with E-state index in [1.807, 2.05) is 18.2 Å². The summed E-state index contributed by atoms with van der Waals surface area (Å²) in [6.45, 7) is 0. The second-order valence-corrected chi connectivity index (χ2v) is 5.32. The molecular formula is C15H14O2. The minimum Gasteiger partial charge on any atom is -0.488 e. The molecule has 0 N–H and O–H groups in total. The van der Waals surface area contributed by atoms with E-state index in [2.05, 4.69) is 18.2 Å². The van der Waals surface area contributed by atoms with Gasteiger partial charge in [0.1, 0.15) is 18.1 Å². The zero-order chi connectivity index (χ0) is 11.5. The number of hydrogen-bond donors (Lipinski definition) is 0.